The first-order valence-corrected chi connectivity index (χ1v) is 21.5. The van der Waals surface area contributed by atoms with Crippen LogP contribution in [0.25, 0.3) is 0 Å². The fourth-order valence-corrected chi connectivity index (χ4v) is 12.5. The lowest BCUT2D eigenvalue weighted by Gasteiger charge is -2.58. The monoisotopic (exact) mass is 759 g/mol. The van der Waals surface area contributed by atoms with Gasteiger partial charge in [-0.3, -0.25) is 14.4 Å². The molecule has 10 heteroatoms. The van der Waals surface area contributed by atoms with Gasteiger partial charge in [0.1, 0.15) is 19.6 Å². The van der Waals surface area contributed by atoms with E-state index in [9.17, 15) is 14.4 Å². The highest BCUT2D eigenvalue weighted by Crippen LogP contribution is 2.67. The van der Waals surface area contributed by atoms with E-state index >= 15 is 0 Å². The van der Waals surface area contributed by atoms with E-state index in [2.05, 4.69) is 47.7 Å². The third-order valence-corrected chi connectivity index (χ3v) is 15.3. The van der Waals surface area contributed by atoms with Gasteiger partial charge >= 0.3 is 17.9 Å². The number of carbonyl (C=O) groups is 3. The van der Waals surface area contributed by atoms with Gasteiger partial charge in [0, 0.05) is 20.8 Å². The van der Waals surface area contributed by atoms with Crippen molar-refractivity contribution in [3.05, 3.63) is 11.6 Å². The molecule has 6 aliphatic rings. The van der Waals surface area contributed by atoms with Gasteiger partial charge in [-0.25, -0.2) is 0 Å². The van der Waals surface area contributed by atoms with Crippen LogP contribution < -0.4 is 0 Å². The molecular weight excluding hydrogens is 686 g/mol. The van der Waals surface area contributed by atoms with Gasteiger partial charge in [-0.15, -0.1) is 0 Å². The molecule has 2 saturated heterocycles. The zero-order valence-electron chi connectivity index (χ0n) is 34.9. The van der Waals surface area contributed by atoms with Crippen molar-refractivity contribution in [1.82, 2.24) is 0 Å². The lowest BCUT2D eigenvalue weighted by molar-refractivity contribution is -0.920. The molecule has 0 aromatic rings. The average molecular weight is 759 g/mol. The van der Waals surface area contributed by atoms with Gasteiger partial charge in [-0.1, -0.05) is 65.5 Å². The Morgan fingerprint density at radius 3 is 2.19 bits per heavy atom. The molecule has 2 aliphatic heterocycles. The van der Waals surface area contributed by atoms with E-state index in [0.29, 0.717) is 35.6 Å². The van der Waals surface area contributed by atoms with E-state index in [1.165, 1.54) is 71.3 Å². The minimum atomic E-state index is -1.10. The summed E-state index contributed by atoms with van der Waals surface area (Å²) in [6.07, 6.45) is 10.9. The fourth-order valence-electron chi connectivity index (χ4n) is 12.5. The Labute approximate surface area is 325 Å². The third kappa shape index (κ3) is 8.77. The topological polar surface area (TPSA) is 107 Å². The summed E-state index contributed by atoms with van der Waals surface area (Å²) in [5, 5.41) is 0. The Morgan fingerprint density at radius 2 is 1.52 bits per heavy atom. The van der Waals surface area contributed by atoms with Gasteiger partial charge in [0.05, 0.1) is 26.4 Å². The van der Waals surface area contributed by atoms with Gasteiger partial charge < -0.3 is 32.9 Å². The minimum absolute atomic E-state index is 0.145. The summed E-state index contributed by atoms with van der Waals surface area (Å²) in [5.41, 5.74) is 2.09. The third-order valence-electron chi connectivity index (χ3n) is 15.3. The molecular formula is C44H72NO9+. The maximum Gasteiger partial charge on any atom is 0.303 e. The lowest BCUT2D eigenvalue weighted by Crippen LogP contribution is -2.67. The van der Waals surface area contributed by atoms with Gasteiger partial charge in [0.25, 0.3) is 0 Å². The van der Waals surface area contributed by atoms with E-state index in [-0.39, 0.29) is 11.5 Å². The Bertz CT molecular complexity index is 1380. The SMILES string of the molecule is CC(=O)O[C@@H]1[C@@H](OC(C)=O)[C@H](O[C@H]2CC[C@@]3(C)C(=CC[C@H]4[C@@H]5CC[C@H]([C@H](C)CCCC(C)C)[C@@]5(C)CC[C@@H]43)C2)O[C@H](C[N+]2(C)CCOCC2)[C@H]1OC(C)=O. The number of quaternary nitrogens is 1. The number of ether oxygens (including phenoxy) is 6. The fraction of sp³-hybridized carbons (Fsp3) is 0.886. The van der Waals surface area contributed by atoms with Crippen molar-refractivity contribution in [2.45, 2.75) is 163 Å². The molecule has 2 heterocycles. The van der Waals surface area contributed by atoms with Crippen LogP contribution in [-0.4, -0.2) is 99.1 Å². The Morgan fingerprint density at radius 1 is 0.852 bits per heavy atom. The van der Waals surface area contributed by atoms with Crippen LogP contribution in [-0.2, 0) is 42.8 Å². The summed E-state index contributed by atoms with van der Waals surface area (Å²) < 4.78 is 37.4. The minimum Gasteiger partial charge on any atom is -0.455 e. The van der Waals surface area contributed by atoms with E-state index in [4.69, 9.17) is 28.4 Å². The molecule has 13 atom stereocenters. The number of hydrogen-bond acceptors (Lipinski definition) is 9. The number of morpholine rings is 1. The number of nitrogens with zero attached hydrogens (tertiary/aromatic N) is 1. The molecule has 0 radical (unpaired) electrons. The number of allylic oxidation sites excluding steroid dienone is 1. The molecule has 0 N–H and O–H groups in total. The van der Waals surface area contributed by atoms with Gasteiger partial charge in [0.15, 0.2) is 30.7 Å². The average Bonchev–Trinajstić information content (AvgIpc) is 3.45. The molecule has 0 amide bonds. The highest BCUT2D eigenvalue weighted by atomic mass is 16.7. The highest BCUT2D eigenvalue weighted by molar-refractivity contribution is 5.68. The van der Waals surface area contributed by atoms with Crippen LogP contribution in [0.2, 0.25) is 0 Å². The second-order valence-electron chi connectivity index (χ2n) is 19.4. The van der Waals surface area contributed by atoms with E-state index in [0.717, 1.165) is 68.4 Å². The van der Waals surface area contributed by atoms with E-state index in [1.807, 2.05) is 0 Å². The molecule has 10 nitrogen and oxygen atoms in total. The first kappa shape index (κ1) is 41.6. The second-order valence-corrected chi connectivity index (χ2v) is 19.4. The molecule has 3 saturated carbocycles. The number of carbonyl (C=O) groups excluding carboxylic acids is 3. The number of rotatable bonds is 12. The van der Waals surface area contributed by atoms with Crippen LogP contribution in [0, 0.1) is 46.3 Å². The predicted octanol–water partition coefficient (Wildman–Crippen LogP) is 7.41. The van der Waals surface area contributed by atoms with Crippen LogP contribution >= 0.6 is 0 Å². The molecule has 0 unspecified atom stereocenters. The zero-order chi connectivity index (χ0) is 39.0. The van der Waals surface area contributed by atoms with Crippen molar-refractivity contribution in [2.75, 3.05) is 39.9 Å². The molecule has 6 rings (SSSR count). The molecule has 0 spiro atoms. The summed E-state index contributed by atoms with van der Waals surface area (Å²) in [5.74, 6) is 3.01. The molecule has 0 aromatic heterocycles. The summed E-state index contributed by atoms with van der Waals surface area (Å²) >= 11 is 0. The molecule has 54 heavy (non-hydrogen) atoms. The van der Waals surface area contributed by atoms with E-state index in [1.54, 1.807) is 0 Å². The Balaban J connectivity index is 1.19. The highest BCUT2D eigenvalue weighted by Gasteiger charge is 2.60. The largest absolute Gasteiger partial charge is 0.455 e. The van der Waals surface area contributed by atoms with Gasteiger partial charge in [0.2, 0.25) is 0 Å². The summed E-state index contributed by atoms with van der Waals surface area (Å²) in [4.78, 5) is 37.5. The van der Waals surface area contributed by atoms with Crippen LogP contribution in [0.3, 0.4) is 0 Å². The van der Waals surface area contributed by atoms with Gasteiger partial charge in [-0.2, -0.15) is 0 Å². The maximum absolute atomic E-state index is 12.5. The first-order valence-electron chi connectivity index (χ1n) is 21.5. The first-order chi connectivity index (χ1) is 25.5. The van der Waals surface area contributed by atoms with Crippen LogP contribution in [0.15, 0.2) is 11.6 Å². The standard InChI is InChI=1S/C44H72NO9/c1-27(2)11-10-12-28(3)35-15-16-36-34-14-13-32-25-33(17-19-43(32,7)37(34)18-20-44(35,36)8)53-42-41(52-31(6)48)40(51-30(5)47)39(50-29(4)46)38(54-42)26-45(9)21-23-49-24-22-45/h13,27-28,33-42H,10-12,14-26H2,1-9H3/q+1/t28-,33+,34+,35-,36+,37+,38-,39-,40+,41-,42-,43+,44-/m1/s1. The number of hydrogen-bond donors (Lipinski definition) is 0. The normalized spacial score (nSPS) is 40.7. The van der Waals surface area contributed by atoms with Crippen molar-refractivity contribution >= 4 is 17.9 Å². The van der Waals surface area contributed by atoms with Crippen LogP contribution in [0.5, 0.6) is 0 Å². The molecule has 4 aliphatic carbocycles. The van der Waals surface area contributed by atoms with Crippen LogP contribution in [0.1, 0.15) is 126 Å². The maximum atomic E-state index is 12.5. The van der Waals surface area contributed by atoms with Gasteiger partial charge in [-0.05, 0) is 97.7 Å². The van der Waals surface area contributed by atoms with Crippen molar-refractivity contribution in [1.29, 1.82) is 0 Å². The number of esters is 3. The molecule has 306 valence electrons. The lowest BCUT2D eigenvalue weighted by atomic mass is 9.47. The van der Waals surface area contributed by atoms with Crippen molar-refractivity contribution in [3.8, 4) is 0 Å². The molecule has 0 bridgehead atoms. The summed E-state index contributed by atoms with van der Waals surface area (Å²) in [6.45, 7) is 19.6. The van der Waals surface area contributed by atoms with E-state index < -0.39 is 48.6 Å². The molecule has 5 fully saturated rings. The van der Waals surface area contributed by atoms with Crippen LogP contribution in [0.4, 0.5) is 0 Å². The summed E-state index contributed by atoms with van der Waals surface area (Å²) in [6, 6.07) is 0. The zero-order valence-corrected chi connectivity index (χ0v) is 34.9. The molecule has 0 aromatic carbocycles. The Hall–Kier alpha value is -2.01. The number of likely N-dealkylation sites (N-methyl/N-ethyl adjacent to an activating group) is 1. The summed E-state index contributed by atoms with van der Waals surface area (Å²) in [7, 11) is 2.13. The predicted molar refractivity (Wildman–Crippen MR) is 205 cm³/mol. The van der Waals surface area contributed by atoms with Crippen molar-refractivity contribution in [2.24, 2.45) is 46.3 Å². The van der Waals surface area contributed by atoms with Crippen molar-refractivity contribution in [3.63, 3.8) is 0 Å². The van der Waals surface area contributed by atoms with Crippen molar-refractivity contribution < 1.29 is 47.3 Å². The number of fused-ring (bicyclic) bond motifs is 5. The Kier molecular flexibility index (Phi) is 13.0. The quantitative estimate of drug-likeness (QED) is 0.0871. The second kappa shape index (κ2) is 16.8. The smallest absolute Gasteiger partial charge is 0.303 e.